The highest BCUT2D eigenvalue weighted by Crippen LogP contribution is 2.34. The fourth-order valence-corrected chi connectivity index (χ4v) is 4.59. The minimum absolute atomic E-state index is 0.0457. The molecule has 0 spiro atoms. The van der Waals surface area contributed by atoms with Gasteiger partial charge in [-0.15, -0.1) is 0 Å². The molecule has 0 unspecified atom stereocenters. The number of H-pyrrole nitrogens is 2. The van der Waals surface area contributed by atoms with Crippen molar-refractivity contribution in [2.45, 2.75) is 9.79 Å². The highest BCUT2D eigenvalue weighted by molar-refractivity contribution is 7.92. The second-order valence-corrected chi connectivity index (χ2v) is 7.77. The van der Waals surface area contributed by atoms with Crippen LogP contribution in [0.4, 0.5) is 5.69 Å². The van der Waals surface area contributed by atoms with Gasteiger partial charge in [0.15, 0.2) is 4.90 Å². The van der Waals surface area contributed by atoms with Crippen molar-refractivity contribution in [2.75, 3.05) is 0 Å². The number of nitrogens with one attached hydrogen (secondary N) is 2. The lowest BCUT2D eigenvalue weighted by molar-refractivity contribution is -0.387. The molecule has 0 saturated carbocycles. The van der Waals surface area contributed by atoms with E-state index in [1.54, 1.807) is 6.07 Å². The Balaban J connectivity index is 2.10. The number of hydrogen-bond acceptors (Lipinski definition) is 7. The zero-order chi connectivity index (χ0) is 20.1. The lowest BCUT2D eigenvalue weighted by Gasteiger charge is -2.09. The molecule has 0 aliphatic rings. The number of rotatable bonds is 3. The average molecular weight is 398 g/mol. The Hall–Kier alpha value is -3.86. The third-order valence-electron chi connectivity index (χ3n) is 4.22. The van der Waals surface area contributed by atoms with Crippen LogP contribution in [0.25, 0.3) is 21.8 Å². The Morgan fingerprint density at radius 2 is 1.64 bits per heavy atom. The largest absolute Gasteiger partial charge is 0.316 e. The minimum atomic E-state index is -4.34. The number of fused-ring (bicyclic) bond motifs is 2. The quantitative estimate of drug-likeness (QED) is 0.301. The van der Waals surface area contributed by atoms with E-state index < -0.39 is 36.5 Å². The molecule has 4 rings (SSSR count). The van der Waals surface area contributed by atoms with Crippen molar-refractivity contribution >= 4 is 37.3 Å². The summed E-state index contributed by atoms with van der Waals surface area (Å²) in [6.07, 6.45) is 2.89. The van der Waals surface area contributed by atoms with Gasteiger partial charge in [-0.25, -0.2) is 8.42 Å². The van der Waals surface area contributed by atoms with Gasteiger partial charge in [0, 0.05) is 29.2 Å². The molecule has 0 saturated heterocycles. The van der Waals surface area contributed by atoms with E-state index in [4.69, 9.17) is 0 Å². The van der Waals surface area contributed by atoms with Gasteiger partial charge in [0.05, 0.1) is 20.9 Å². The van der Waals surface area contributed by atoms with Crippen molar-refractivity contribution < 1.29 is 13.3 Å². The van der Waals surface area contributed by atoms with Crippen LogP contribution in [0, 0.1) is 10.1 Å². The lowest BCUT2D eigenvalue weighted by Crippen LogP contribution is -2.29. The smallest absolute Gasteiger partial charge is 0.314 e. The third-order valence-corrected chi connectivity index (χ3v) is 6.06. The number of nitrogens with zero attached hydrogens (tertiary/aromatic N) is 2. The maximum absolute atomic E-state index is 13.3. The first-order chi connectivity index (χ1) is 13.3. The van der Waals surface area contributed by atoms with Crippen molar-refractivity contribution in [3.63, 3.8) is 0 Å². The van der Waals surface area contributed by atoms with Gasteiger partial charge in [-0.2, -0.15) is 0 Å². The first kappa shape index (κ1) is 17.5. The van der Waals surface area contributed by atoms with E-state index in [-0.39, 0.29) is 15.9 Å². The van der Waals surface area contributed by atoms with Crippen molar-refractivity contribution in [2.24, 2.45) is 0 Å². The van der Waals surface area contributed by atoms with Crippen molar-refractivity contribution in [3.05, 3.63) is 79.6 Å². The average Bonchev–Trinajstić information content (AvgIpc) is 2.67. The van der Waals surface area contributed by atoms with Crippen molar-refractivity contribution in [1.82, 2.24) is 15.0 Å². The van der Waals surface area contributed by atoms with Crippen LogP contribution in [0.1, 0.15) is 0 Å². The van der Waals surface area contributed by atoms with Gasteiger partial charge >= 0.3 is 11.1 Å². The van der Waals surface area contributed by atoms with Gasteiger partial charge in [0.1, 0.15) is 0 Å². The molecule has 11 heteroatoms. The molecule has 4 aromatic rings. The number of hydrogen-bond donors (Lipinski definition) is 2. The molecule has 0 amide bonds. The van der Waals surface area contributed by atoms with Gasteiger partial charge < -0.3 is 9.97 Å². The number of aromatic amines is 2. The van der Waals surface area contributed by atoms with Gasteiger partial charge in [0.2, 0.25) is 9.84 Å². The second kappa shape index (κ2) is 6.09. The molecule has 28 heavy (non-hydrogen) atoms. The molecule has 0 bridgehead atoms. The fourth-order valence-electron chi connectivity index (χ4n) is 2.94. The van der Waals surface area contributed by atoms with Gasteiger partial charge in [-0.3, -0.25) is 24.7 Å². The van der Waals surface area contributed by atoms with Crippen LogP contribution in [0.15, 0.2) is 68.2 Å². The van der Waals surface area contributed by atoms with Crippen LogP contribution < -0.4 is 11.1 Å². The Bertz CT molecular complexity index is 1500. The molecule has 2 N–H and O–H groups in total. The topological polar surface area (TPSA) is 156 Å². The molecular weight excluding hydrogens is 388 g/mol. The molecule has 0 aliphatic carbocycles. The summed E-state index contributed by atoms with van der Waals surface area (Å²) >= 11 is 0. The minimum Gasteiger partial charge on any atom is -0.316 e. The van der Waals surface area contributed by atoms with Crippen LogP contribution in [-0.4, -0.2) is 28.3 Å². The summed E-state index contributed by atoms with van der Waals surface area (Å²) in [6.45, 7) is 0. The molecule has 0 radical (unpaired) electrons. The number of sulfone groups is 1. The van der Waals surface area contributed by atoms with E-state index >= 15 is 0 Å². The molecule has 140 valence electrons. The Morgan fingerprint density at radius 1 is 0.964 bits per heavy atom. The molecule has 2 heterocycles. The van der Waals surface area contributed by atoms with Crippen LogP contribution in [-0.2, 0) is 9.84 Å². The number of pyridine rings is 1. The standard InChI is InChI=1S/C17H10N4O6S/c22-16-17(23)20-12-7-15(13(21(24)25)6-11(12)19-16)28(26,27)14-3-1-2-9-8-18-5-4-10(9)14/h1-8H,(H,19,22)(H,20,23). The first-order valence-corrected chi connectivity index (χ1v) is 9.30. The van der Waals surface area contributed by atoms with E-state index in [0.29, 0.717) is 10.8 Å². The molecular formula is C17H10N4O6S. The Labute approximate surface area is 155 Å². The van der Waals surface area contributed by atoms with E-state index in [1.807, 2.05) is 0 Å². The Kier molecular flexibility index (Phi) is 3.82. The van der Waals surface area contributed by atoms with Crippen LogP contribution in [0.2, 0.25) is 0 Å². The van der Waals surface area contributed by atoms with Crippen LogP contribution in [0.5, 0.6) is 0 Å². The summed E-state index contributed by atoms with van der Waals surface area (Å²) in [6, 6.07) is 7.88. The van der Waals surface area contributed by atoms with Crippen molar-refractivity contribution in [3.8, 4) is 0 Å². The predicted octanol–water partition coefficient (Wildman–Crippen LogP) is 1.51. The number of aromatic nitrogens is 3. The van der Waals surface area contributed by atoms with E-state index in [1.165, 1.54) is 30.6 Å². The second-order valence-electron chi connectivity index (χ2n) is 5.89. The number of nitro benzene ring substituents is 1. The van der Waals surface area contributed by atoms with Gasteiger partial charge in [-0.1, -0.05) is 12.1 Å². The summed E-state index contributed by atoms with van der Waals surface area (Å²) in [4.78, 5) is 41.3. The summed E-state index contributed by atoms with van der Waals surface area (Å²) < 4.78 is 26.6. The van der Waals surface area contributed by atoms with Gasteiger partial charge in [-0.05, 0) is 18.2 Å². The van der Waals surface area contributed by atoms with Crippen LogP contribution in [0.3, 0.4) is 0 Å². The predicted molar refractivity (Wildman–Crippen MR) is 99.0 cm³/mol. The molecule has 10 nitrogen and oxygen atoms in total. The Morgan fingerprint density at radius 3 is 2.32 bits per heavy atom. The summed E-state index contributed by atoms with van der Waals surface area (Å²) in [5.41, 5.74) is -2.82. The van der Waals surface area contributed by atoms with Crippen LogP contribution >= 0.6 is 0 Å². The number of benzene rings is 2. The van der Waals surface area contributed by atoms with Crippen molar-refractivity contribution in [1.29, 1.82) is 0 Å². The van der Waals surface area contributed by atoms with E-state index in [2.05, 4.69) is 15.0 Å². The molecule has 2 aromatic heterocycles. The third kappa shape index (κ3) is 2.65. The normalized spacial score (nSPS) is 11.7. The number of nitro groups is 1. The maximum atomic E-state index is 13.3. The molecule has 0 aliphatic heterocycles. The lowest BCUT2D eigenvalue weighted by atomic mass is 10.2. The molecule has 0 atom stereocenters. The fraction of sp³-hybridized carbons (Fsp3) is 0. The summed E-state index contributed by atoms with van der Waals surface area (Å²) in [5.74, 6) is 0. The molecule has 0 fully saturated rings. The van der Waals surface area contributed by atoms with E-state index in [0.717, 1.165) is 12.1 Å². The van der Waals surface area contributed by atoms with Gasteiger partial charge in [0.25, 0.3) is 5.69 Å². The van der Waals surface area contributed by atoms with E-state index in [9.17, 15) is 28.1 Å². The highest BCUT2D eigenvalue weighted by atomic mass is 32.2. The summed E-state index contributed by atoms with van der Waals surface area (Å²) in [7, 11) is -4.34. The molecule has 2 aromatic carbocycles. The monoisotopic (exact) mass is 398 g/mol. The zero-order valence-corrected chi connectivity index (χ0v) is 14.7. The zero-order valence-electron chi connectivity index (χ0n) is 13.9. The highest BCUT2D eigenvalue weighted by Gasteiger charge is 2.30. The summed E-state index contributed by atoms with van der Waals surface area (Å²) in [5, 5.41) is 12.4. The maximum Gasteiger partial charge on any atom is 0.314 e. The first-order valence-electron chi connectivity index (χ1n) is 7.81. The SMILES string of the molecule is O=c1[nH]c2cc([N+](=O)[O-])c(S(=O)(=O)c3cccc4cnccc34)cc2[nH]c1=O.